The third kappa shape index (κ3) is 3.62. The van der Waals surface area contributed by atoms with Crippen molar-refractivity contribution in [1.82, 2.24) is 25.6 Å². The van der Waals surface area contributed by atoms with Crippen LogP contribution in [0.4, 0.5) is 5.69 Å². The lowest BCUT2D eigenvalue weighted by molar-refractivity contribution is -0.117. The number of rotatable bonds is 5. The number of aromatic nitrogens is 5. The highest BCUT2D eigenvalue weighted by atomic mass is 16.1. The van der Waals surface area contributed by atoms with Crippen LogP contribution in [0.5, 0.6) is 0 Å². The Morgan fingerprint density at radius 1 is 1.21 bits per heavy atom. The number of tetrazole rings is 1. The van der Waals surface area contributed by atoms with E-state index in [4.69, 9.17) is 0 Å². The maximum Gasteiger partial charge on any atom is 0.235 e. The molecule has 0 radical (unpaired) electrons. The molecule has 0 saturated carbocycles. The maximum atomic E-state index is 12.8. The molecule has 0 fully saturated rings. The molecular weight excluding hydrogens is 304 g/mol. The molecule has 1 amide bonds. The highest BCUT2D eigenvalue weighted by Crippen LogP contribution is 2.22. The van der Waals surface area contributed by atoms with Crippen LogP contribution in [-0.2, 0) is 11.2 Å². The van der Waals surface area contributed by atoms with Gasteiger partial charge in [-0.2, -0.15) is 5.21 Å². The first-order valence-electron chi connectivity index (χ1n) is 7.64. The predicted molar refractivity (Wildman–Crippen MR) is 89.4 cm³/mol. The Balaban J connectivity index is 1.85. The quantitative estimate of drug-likeness (QED) is 0.750. The number of hydrogen-bond acceptors (Lipinski definition) is 5. The standard InChI is InChI=1S/C17H18N6O/c1-11-3-4-12(2)15(9-11)19-17(24)14(16-20-22-23-21-16)10-13-5-7-18-8-6-13/h3-9,14H,10H2,1-2H3,(H,19,24)(H,20,21,22,23)/t14-/m1/s1. The Labute approximate surface area is 139 Å². The van der Waals surface area contributed by atoms with E-state index in [2.05, 4.69) is 30.9 Å². The molecule has 0 bridgehead atoms. The number of anilines is 1. The first-order chi connectivity index (χ1) is 11.6. The van der Waals surface area contributed by atoms with Gasteiger partial charge in [0.2, 0.25) is 5.91 Å². The SMILES string of the molecule is Cc1ccc(C)c(NC(=O)[C@H](Cc2ccncc2)c2nn[nH]n2)c1. The fraction of sp³-hybridized carbons (Fsp3) is 0.235. The van der Waals surface area contributed by atoms with Gasteiger partial charge >= 0.3 is 0 Å². The molecule has 0 spiro atoms. The minimum atomic E-state index is -0.536. The summed E-state index contributed by atoms with van der Waals surface area (Å²) in [5, 5.41) is 17.0. The van der Waals surface area contributed by atoms with Crippen LogP contribution in [-0.4, -0.2) is 31.5 Å². The highest BCUT2D eigenvalue weighted by molar-refractivity contribution is 5.96. The number of carbonyl (C=O) groups is 1. The topological polar surface area (TPSA) is 96.5 Å². The summed E-state index contributed by atoms with van der Waals surface area (Å²) in [7, 11) is 0. The van der Waals surface area contributed by atoms with Gasteiger partial charge in [0, 0.05) is 18.1 Å². The molecule has 3 rings (SSSR count). The Bertz CT molecular complexity index is 816. The molecule has 0 aliphatic heterocycles. The van der Waals surface area contributed by atoms with Crippen molar-refractivity contribution in [2.45, 2.75) is 26.2 Å². The number of nitrogens with one attached hydrogen (secondary N) is 2. The highest BCUT2D eigenvalue weighted by Gasteiger charge is 2.25. The van der Waals surface area contributed by atoms with Gasteiger partial charge in [-0.1, -0.05) is 17.3 Å². The summed E-state index contributed by atoms with van der Waals surface area (Å²) in [6.07, 6.45) is 3.87. The summed E-state index contributed by atoms with van der Waals surface area (Å²) < 4.78 is 0. The zero-order chi connectivity index (χ0) is 16.9. The molecule has 1 aromatic carbocycles. The van der Waals surface area contributed by atoms with Crippen LogP contribution in [0.25, 0.3) is 0 Å². The first-order valence-corrected chi connectivity index (χ1v) is 7.64. The van der Waals surface area contributed by atoms with Gasteiger partial charge < -0.3 is 5.32 Å². The van der Waals surface area contributed by atoms with Crippen molar-refractivity contribution in [3.8, 4) is 0 Å². The molecule has 7 heteroatoms. The van der Waals surface area contributed by atoms with Crippen LogP contribution >= 0.6 is 0 Å². The van der Waals surface area contributed by atoms with Crippen molar-refractivity contribution < 1.29 is 4.79 Å². The van der Waals surface area contributed by atoms with E-state index in [0.717, 1.165) is 22.4 Å². The number of aryl methyl sites for hydroxylation is 2. The van der Waals surface area contributed by atoms with Crippen LogP contribution in [0, 0.1) is 13.8 Å². The molecule has 7 nitrogen and oxygen atoms in total. The number of H-pyrrole nitrogens is 1. The summed E-state index contributed by atoms with van der Waals surface area (Å²) >= 11 is 0. The second-order valence-electron chi connectivity index (χ2n) is 5.69. The van der Waals surface area contributed by atoms with Crippen LogP contribution < -0.4 is 5.32 Å². The molecule has 3 aromatic rings. The third-order valence-electron chi connectivity index (χ3n) is 3.83. The monoisotopic (exact) mass is 322 g/mol. The smallest absolute Gasteiger partial charge is 0.235 e. The van der Waals surface area contributed by atoms with Crippen molar-refractivity contribution in [3.63, 3.8) is 0 Å². The molecule has 0 unspecified atom stereocenters. The second kappa shape index (κ2) is 6.99. The maximum absolute atomic E-state index is 12.8. The molecular formula is C17H18N6O. The minimum absolute atomic E-state index is 0.165. The van der Waals surface area contributed by atoms with Gasteiger partial charge in [0.1, 0.15) is 5.92 Å². The molecule has 2 aromatic heterocycles. The van der Waals surface area contributed by atoms with Gasteiger partial charge in [0.15, 0.2) is 5.82 Å². The Kier molecular flexibility index (Phi) is 4.60. The molecule has 0 aliphatic carbocycles. The van der Waals surface area contributed by atoms with E-state index in [-0.39, 0.29) is 5.91 Å². The van der Waals surface area contributed by atoms with Gasteiger partial charge in [-0.05, 0) is 55.2 Å². The number of hydrogen-bond donors (Lipinski definition) is 2. The van der Waals surface area contributed by atoms with E-state index >= 15 is 0 Å². The third-order valence-corrected chi connectivity index (χ3v) is 3.83. The number of benzene rings is 1. The fourth-order valence-corrected chi connectivity index (χ4v) is 2.46. The van der Waals surface area contributed by atoms with Crippen molar-refractivity contribution in [3.05, 3.63) is 65.2 Å². The van der Waals surface area contributed by atoms with Gasteiger partial charge in [-0.3, -0.25) is 9.78 Å². The van der Waals surface area contributed by atoms with E-state index in [1.54, 1.807) is 12.4 Å². The fourth-order valence-electron chi connectivity index (χ4n) is 2.46. The summed E-state index contributed by atoms with van der Waals surface area (Å²) in [6, 6.07) is 9.69. The lowest BCUT2D eigenvalue weighted by Gasteiger charge is -2.15. The molecule has 122 valence electrons. The molecule has 24 heavy (non-hydrogen) atoms. The minimum Gasteiger partial charge on any atom is -0.325 e. The number of pyridine rings is 1. The molecule has 0 saturated heterocycles. The second-order valence-corrected chi connectivity index (χ2v) is 5.69. The Hall–Kier alpha value is -3.09. The zero-order valence-electron chi connectivity index (χ0n) is 13.5. The summed E-state index contributed by atoms with van der Waals surface area (Å²) in [5.74, 6) is -0.331. The van der Waals surface area contributed by atoms with E-state index in [1.165, 1.54) is 0 Å². The summed E-state index contributed by atoms with van der Waals surface area (Å²) in [4.78, 5) is 16.8. The van der Waals surface area contributed by atoms with Crippen LogP contribution in [0.2, 0.25) is 0 Å². The zero-order valence-corrected chi connectivity index (χ0v) is 13.5. The average molecular weight is 322 g/mol. The van der Waals surface area contributed by atoms with E-state index in [1.807, 2.05) is 44.2 Å². The number of nitrogens with zero attached hydrogens (tertiary/aromatic N) is 4. The normalized spacial score (nSPS) is 11.9. The largest absolute Gasteiger partial charge is 0.325 e. The van der Waals surface area contributed by atoms with E-state index in [0.29, 0.717) is 12.2 Å². The molecule has 2 heterocycles. The Morgan fingerprint density at radius 2 is 2.00 bits per heavy atom. The van der Waals surface area contributed by atoms with Gasteiger partial charge in [-0.15, -0.1) is 10.2 Å². The number of amides is 1. The molecule has 1 atom stereocenters. The van der Waals surface area contributed by atoms with Crippen LogP contribution in [0.15, 0.2) is 42.7 Å². The van der Waals surface area contributed by atoms with Crippen LogP contribution in [0.3, 0.4) is 0 Å². The summed E-state index contributed by atoms with van der Waals surface area (Å²) in [6.45, 7) is 3.95. The van der Waals surface area contributed by atoms with E-state index < -0.39 is 5.92 Å². The molecule has 2 N–H and O–H groups in total. The van der Waals surface area contributed by atoms with Gasteiger partial charge in [-0.25, -0.2) is 0 Å². The Morgan fingerprint density at radius 3 is 2.71 bits per heavy atom. The van der Waals surface area contributed by atoms with Gasteiger partial charge in [0.05, 0.1) is 0 Å². The van der Waals surface area contributed by atoms with Gasteiger partial charge in [0.25, 0.3) is 0 Å². The van der Waals surface area contributed by atoms with Crippen LogP contribution in [0.1, 0.15) is 28.4 Å². The lowest BCUT2D eigenvalue weighted by atomic mass is 9.98. The number of aromatic amines is 1. The average Bonchev–Trinajstić information content (AvgIpc) is 3.11. The lowest BCUT2D eigenvalue weighted by Crippen LogP contribution is -2.24. The predicted octanol–water partition coefficient (Wildman–Crippen LogP) is 2.18. The first kappa shape index (κ1) is 15.8. The number of carbonyl (C=O) groups excluding carboxylic acids is 1. The van der Waals surface area contributed by atoms with Crippen molar-refractivity contribution in [1.29, 1.82) is 0 Å². The van der Waals surface area contributed by atoms with Crippen molar-refractivity contribution in [2.75, 3.05) is 5.32 Å². The van der Waals surface area contributed by atoms with Crippen molar-refractivity contribution >= 4 is 11.6 Å². The summed E-state index contributed by atoms with van der Waals surface area (Å²) in [5.41, 5.74) is 3.87. The molecule has 0 aliphatic rings. The van der Waals surface area contributed by atoms with Crippen molar-refractivity contribution in [2.24, 2.45) is 0 Å². The van der Waals surface area contributed by atoms with E-state index in [9.17, 15) is 4.79 Å².